The maximum Gasteiger partial charge on any atom is 0.191 e. The Morgan fingerprint density at radius 1 is 1.18 bits per heavy atom. The first-order valence-electron chi connectivity index (χ1n) is 7.71. The SMILES string of the molecule is CN=C(NCCc1ccc2ccccc2c1)NC1CC1C.I. The van der Waals surface area contributed by atoms with E-state index in [1.165, 1.54) is 22.8 Å². The van der Waals surface area contributed by atoms with Gasteiger partial charge in [0.25, 0.3) is 0 Å². The second-order valence-electron chi connectivity index (χ2n) is 5.89. The third kappa shape index (κ3) is 4.35. The molecule has 0 saturated heterocycles. The van der Waals surface area contributed by atoms with Crippen molar-refractivity contribution < 1.29 is 0 Å². The number of halogens is 1. The van der Waals surface area contributed by atoms with Gasteiger partial charge in [-0.25, -0.2) is 0 Å². The van der Waals surface area contributed by atoms with Crippen molar-refractivity contribution in [2.24, 2.45) is 10.9 Å². The summed E-state index contributed by atoms with van der Waals surface area (Å²) in [5.74, 6) is 1.70. The van der Waals surface area contributed by atoms with Crippen LogP contribution in [0, 0.1) is 5.92 Å². The summed E-state index contributed by atoms with van der Waals surface area (Å²) in [5.41, 5.74) is 1.36. The minimum atomic E-state index is 0. The molecule has 4 heteroatoms. The fraction of sp³-hybridized carbons (Fsp3) is 0.389. The van der Waals surface area contributed by atoms with Crippen LogP contribution < -0.4 is 10.6 Å². The van der Waals surface area contributed by atoms with Gasteiger partial charge < -0.3 is 10.6 Å². The van der Waals surface area contributed by atoms with Crippen LogP contribution >= 0.6 is 24.0 Å². The quantitative estimate of drug-likeness (QED) is 0.460. The standard InChI is InChI=1S/C18H23N3.HI/c1-13-11-17(13)21-18(19-2)20-10-9-14-7-8-15-5-3-4-6-16(15)12-14;/h3-8,12-13,17H,9-11H2,1-2H3,(H2,19,20,21);1H. The molecule has 2 atom stereocenters. The highest BCUT2D eigenvalue weighted by Gasteiger charge is 2.33. The highest BCUT2D eigenvalue weighted by molar-refractivity contribution is 14.0. The smallest absolute Gasteiger partial charge is 0.191 e. The molecule has 1 saturated carbocycles. The lowest BCUT2D eigenvalue weighted by Crippen LogP contribution is -2.39. The number of rotatable bonds is 4. The number of hydrogen-bond donors (Lipinski definition) is 2. The monoisotopic (exact) mass is 409 g/mol. The van der Waals surface area contributed by atoms with Gasteiger partial charge in [0.15, 0.2) is 5.96 Å². The lowest BCUT2D eigenvalue weighted by atomic mass is 10.1. The van der Waals surface area contributed by atoms with E-state index >= 15 is 0 Å². The van der Waals surface area contributed by atoms with Crippen molar-refractivity contribution in [3.63, 3.8) is 0 Å². The molecule has 2 N–H and O–H groups in total. The molecule has 0 aliphatic heterocycles. The first-order valence-corrected chi connectivity index (χ1v) is 7.71. The minimum Gasteiger partial charge on any atom is -0.356 e. The van der Waals surface area contributed by atoms with Crippen molar-refractivity contribution in [1.82, 2.24) is 10.6 Å². The van der Waals surface area contributed by atoms with E-state index < -0.39 is 0 Å². The molecule has 0 spiro atoms. The van der Waals surface area contributed by atoms with E-state index in [-0.39, 0.29) is 24.0 Å². The number of guanidine groups is 1. The number of benzene rings is 2. The zero-order valence-electron chi connectivity index (χ0n) is 13.2. The molecule has 1 aliphatic carbocycles. The first kappa shape index (κ1) is 17.1. The Labute approximate surface area is 149 Å². The van der Waals surface area contributed by atoms with E-state index in [9.17, 15) is 0 Å². The van der Waals surface area contributed by atoms with E-state index in [0.29, 0.717) is 6.04 Å². The summed E-state index contributed by atoms with van der Waals surface area (Å²) >= 11 is 0. The van der Waals surface area contributed by atoms with Crippen LogP contribution in [0.15, 0.2) is 47.5 Å². The molecule has 0 aromatic heterocycles. The van der Waals surface area contributed by atoms with Crippen LogP contribution in [0.1, 0.15) is 18.9 Å². The van der Waals surface area contributed by atoms with Crippen LogP contribution in [0.25, 0.3) is 10.8 Å². The van der Waals surface area contributed by atoms with Crippen LogP contribution in [-0.4, -0.2) is 25.6 Å². The number of fused-ring (bicyclic) bond motifs is 1. The number of aliphatic imine (C=N–C) groups is 1. The summed E-state index contributed by atoms with van der Waals surface area (Å²) < 4.78 is 0. The van der Waals surface area contributed by atoms with Gasteiger partial charge in [-0.1, -0.05) is 49.4 Å². The van der Waals surface area contributed by atoms with Gasteiger partial charge in [0.05, 0.1) is 0 Å². The second-order valence-corrected chi connectivity index (χ2v) is 5.89. The van der Waals surface area contributed by atoms with Crippen molar-refractivity contribution >= 4 is 40.7 Å². The molecule has 22 heavy (non-hydrogen) atoms. The van der Waals surface area contributed by atoms with Crippen molar-refractivity contribution in [3.8, 4) is 0 Å². The summed E-state index contributed by atoms with van der Waals surface area (Å²) in [5, 5.41) is 9.45. The molecule has 2 aromatic carbocycles. The molecule has 2 unspecified atom stereocenters. The summed E-state index contributed by atoms with van der Waals surface area (Å²) in [6.45, 7) is 3.17. The summed E-state index contributed by atoms with van der Waals surface area (Å²) in [6.07, 6.45) is 2.26. The second kappa shape index (κ2) is 7.81. The van der Waals surface area contributed by atoms with Crippen LogP contribution in [0.2, 0.25) is 0 Å². The molecule has 1 fully saturated rings. The molecule has 0 amide bonds. The van der Waals surface area contributed by atoms with Gasteiger partial charge in [-0.05, 0) is 35.1 Å². The Bertz CT molecular complexity index is 654. The highest BCUT2D eigenvalue weighted by atomic mass is 127. The van der Waals surface area contributed by atoms with Crippen LogP contribution in [-0.2, 0) is 6.42 Å². The zero-order chi connectivity index (χ0) is 14.7. The van der Waals surface area contributed by atoms with E-state index in [1.54, 1.807) is 0 Å². The fourth-order valence-electron chi connectivity index (χ4n) is 2.61. The topological polar surface area (TPSA) is 36.4 Å². The van der Waals surface area contributed by atoms with Crippen molar-refractivity contribution in [2.45, 2.75) is 25.8 Å². The molecule has 1 aliphatic rings. The van der Waals surface area contributed by atoms with Gasteiger partial charge in [-0.2, -0.15) is 0 Å². The normalized spacial score (nSPS) is 20.4. The van der Waals surface area contributed by atoms with Crippen LogP contribution in [0.3, 0.4) is 0 Å². The summed E-state index contributed by atoms with van der Waals surface area (Å²) in [7, 11) is 1.83. The van der Waals surface area contributed by atoms with Crippen molar-refractivity contribution in [1.29, 1.82) is 0 Å². The molecule has 118 valence electrons. The van der Waals surface area contributed by atoms with Crippen LogP contribution in [0.4, 0.5) is 0 Å². The predicted molar refractivity (Wildman–Crippen MR) is 105 cm³/mol. The molecule has 0 heterocycles. The van der Waals surface area contributed by atoms with E-state index in [1.807, 2.05) is 7.05 Å². The molecule has 2 aromatic rings. The first-order chi connectivity index (χ1) is 10.3. The molecule has 3 rings (SSSR count). The Morgan fingerprint density at radius 2 is 1.91 bits per heavy atom. The third-order valence-corrected chi connectivity index (χ3v) is 4.18. The molecule has 0 bridgehead atoms. The Balaban J connectivity index is 0.00000176. The van der Waals surface area contributed by atoms with Gasteiger partial charge in [0.2, 0.25) is 0 Å². The maximum atomic E-state index is 4.28. The summed E-state index contributed by atoms with van der Waals surface area (Å²) in [6, 6.07) is 15.8. The van der Waals surface area contributed by atoms with E-state index in [0.717, 1.165) is 24.8 Å². The van der Waals surface area contributed by atoms with Crippen molar-refractivity contribution in [3.05, 3.63) is 48.0 Å². The lowest BCUT2D eigenvalue weighted by Gasteiger charge is -2.11. The zero-order valence-corrected chi connectivity index (χ0v) is 15.5. The molecule has 3 nitrogen and oxygen atoms in total. The van der Waals surface area contributed by atoms with Crippen LogP contribution in [0.5, 0.6) is 0 Å². The fourth-order valence-corrected chi connectivity index (χ4v) is 2.61. The molecular formula is C18H24IN3. The number of hydrogen-bond acceptors (Lipinski definition) is 1. The predicted octanol–water partition coefficient (Wildman–Crippen LogP) is 3.57. The number of nitrogens with one attached hydrogen (secondary N) is 2. The highest BCUT2D eigenvalue weighted by Crippen LogP contribution is 2.28. The molecular weight excluding hydrogens is 385 g/mol. The summed E-state index contributed by atoms with van der Waals surface area (Å²) in [4.78, 5) is 4.28. The average Bonchev–Trinajstić information content (AvgIpc) is 3.21. The largest absolute Gasteiger partial charge is 0.356 e. The average molecular weight is 409 g/mol. The van der Waals surface area contributed by atoms with Gasteiger partial charge in [0.1, 0.15) is 0 Å². The Morgan fingerprint density at radius 3 is 2.59 bits per heavy atom. The molecule has 0 radical (unpaired) electrons. The van der Waals surface area contributed by atoms with E-state index in [2.05, 4.69) is 65.0 Å². The Kier molecular flexibility index (Phi) is 6.06. The minimum absolute atomic E-state index is 0. The van der Waals surface area contributed by atoms with Gasteiger partial charge in [-0.15, -0.1) is 24.0 Å². The third-order valence-electron chi connectivity index (χ3n) is 4.18. The van der Waals surface area contributed by atoms with Crippen molar-refractivity contribution in [2.75, 3.05) is 13.6 Å². The lowest BCUT2D eigenvalue weighted by molar-refractivity contribution is 0.758. The van der Waals surface area contributed by atoms with Gasteiger partial charge in [-0.3, -0.25) is 4.99 Å². The van der Waals surface area contributed by atoms with E-state index in [4.69, 9.17) is 0 Å². The maximum absolute atomic E-state index is 4.28. The Hall–Kier alpha value is -1.30. The van der Waals surface area contributed by atoms with Gasteiger partial charge >= 0.3 is 0 Å². The number of nitrogens with zero attached hydrogens (tertiary/aromatic N) is 1. The van der Waals surface area contributed by atoms with Gasteiger partial charge in [0, 0.05) is 19.6 Å².